The zero-order valence-electron chi connectivity index (χ0n) is 19.7. The first-order valence-electron chi connectivity index (χ1n) is 11.1. The first-order chi connectivity index (χ1) is 17.5. The van der Waals surface area contributed by atoms with Crippen LogP contribution in [0.25, 0.3) is 5.57 Å². The Labute approximate surface area is 210 Å². The summed E-state index contributed by atoms with van der Waals surface area (Å²) >= 11 is 0. The number of carbonyl (C=O) groups is 1. The molecule has 0 saturated heterocycles. The number of rotatable bonds is 4. The second-order valence-corrected chi connectivity index (χ2v) is 8.30. The van der Waals surface area contributed by atoms with Crippen LogP contribution < -0.4 is 4.90 Å². The molecular weight excluding hydrogens is 531 g/mol. The van der Waals surface area contributed by atoms with Gasteiger partial charge in [0, 0.05) is 5.56 Å². The number of ether oxygens (including phenoxy) is 1. The normalized spacial score (nSPS) is 16.8. The molecule has 2 atom stereocenters. The summed E-state index contributed by atoms with van der Waals surface area (Å²) in [5.74, 6) is -1.83. The van der Waals surface area contributed by atoms with Gasteiger partial charge in [-0.2, -0.15) is 44.8 Å². The number of fused-ring (bicyclic) bond motifs is 1. The summed E-state index contributed by atoms with van der Waals surface area (Å²) in [5.41, 5.74) is -6.03. The van der Waals surface area contributed by atoms with Crippen molar-refractivity contribution in [2.45, 2.75) is 50.8 Å². The van der Waals surface area contributed by atoms with E-state index in [-0.39, 0.29) is 35.9 Å². The Morgan fingerprint density at radius 1 is 0.921 bits per heavy atom. The van der Waals surface area contributed by atoms with E-state index in [1.807, 2.05) is 0 Å². The number of carbonyl (C=O) groups excluding carboxylic acids is 1. The van der Waals surface area contributed by atoms with Crippen LogP contribution in [0.5, 0.6) is 0 Å². The molecule has 0 bridgehead atoms. The molecule has 1 aliphatic heterocycles. The minimum Gasteiger partial charge on any atom is -0.449 e. The molecule has 0 aromatic heterocycles. The molecule has 2 aromatic carbocycles. The van der Waals surface area contributed by atoms with E-state index in [0.29, 0.717) is 24.3 Å². The van der Waals surface area contributed by atoms with Gasteiger partial charge in [0.25, 0.3) is 0 Å². The second-order valence-electron chi connectivity index (χ2n) is 8.30. The van der Waals surface area contributed by atoms with Crippen LogP contribution in [0.2, 0.25) is 0 Å². The van der Waals surface area contributed by atoms with Gasteiger partial charge < -0.3 is 4.74 Å². The summed E-state index contributed by atoms with van der Waals surface area (Å²) in [6.45, 7) is 3.01. The van der Waals surface area contributed by atoms with Crippen LogP contribution in [0.3, 0.4) is 0 Å². The topological polar surface area (TPSA) is 53.3 Å². The van der Waals surface area contributed by atoms with E-state index in [9.17, 15) is 49.6 Å². The van der Waals surface area contributed by atoms with Gasteiger partial charge in [-0.3, -0.25) is 4.90 Å². The van der Waals surface area contributed by atoms with Gasteiger partial charge >= 0.3 is 24.6 Å². The van der Waals surface area contributed by atoms with Crippen molar-refractivity contribution in [2.24, 2.45) is 0 Å². The van der Waals surface area contributed by atoms with Crippen molar-refractivity contribution in [1.29, 1.82) is 5.26 Å². The lowest BCUT2D eigenvalue weighted by atomic mass is 9.81. The van der Waals surface area contributed by atoms with Crippen LogP contribution in [-0.4, -0.2) is 18.7 Å². The average molecular weight is 550 g/mol. The van der Waals surface area contributed by atoms with Crippen LogP contribution in [0.4, 0.5) is 50.0 Å². The third kappa shape index (κ3) is 5.74. The van der Waals surface area contributed by atoms with E-state index >= 15 is 0 Å². The molecule has 1 heterocycles. The number of halogens is 9. The number of amides is 1. The molecule has 3 rings (SSSR count). The highest BCUT2D eigenvalue weighted by Crippen LogP contribution is 2.46. The van der Waals surface area contributed by atoms with Crippen LogP contribution in [0.1, 0.15) is 54.0 Å². The van der Waals surface area contributed by atoms with Gasteiger partial charge in [0.2, 0.25) is 0 Å². The molecule has 4 nitrogen and oxygen atoms in total. The molecule has 0 saturated carbocycles. The van der Waals surface area contributed by atoms with Crippen LogP contribution >= 0.6 is 0 Å². The Balaban J connectivity index is 2.32. The van der Waals surface area contributed by atoms with Crippen molar-refractivity contribution in [1.82, 2.24) is 0 Å². The lowest BCUT2D eigenvalue weighted by Crippen LogP contribution is -2.42. The fourth-order valence-corrected chi connectivity index (χ4v) is 4.15. The molecule has 204 valence electrons. The Morgan fingerprint density at radius 3 is 1.92 bits per heavy atom. The fraction of sp³-hybridized carbons (Fsp3) is 0.360. The molecular formula is C25H19F9N2O2. The molecule has 0 spiro atoms. The van der Waals surface area contributed by atoms with E-state index in [4.69, 9.17) is 4.74 Å². The number of anilines is 1. The van der Waals surface area contributed by atoms with Crippen molar-refractivity contribution in [3.05, 3.63) is 70.3 Å². The number of hydrogen-bond acceptors (Lipinski definition) is 3. The largest absolute Gasteiger partial charge is 0.449 e. The van der Waals surface area contributed by atoms with E-state index in [0.717, 1.165) is 11.0 Å². The molecule has 38 heavy (non-hydrogen) atoms. The highest BCUT2D eigenvalue weighted by Gasteiger charge is 2.40. The fourth-order valence-electron chi connectivity index (χ4n) is 4.15. The maximum Gasteiger partial charge on any atom is 0.416 e. The number of hydrogen-bond donors (Lipinski definition) is 0. The maximum absolute atomic E-state index is 13.5. The van der Waals surface area contributed by atoms with Crippen LogP contribution in [0, 0.1) is 11.3 Å². The van der Waals surface area contributed by atoms with E-state index < -0.39 is 58.8 Å². The standard InChI is InChI=1S/C25H19F9N2O2/c1-3-17-11-18(19-10-14(23(26,27)28)5-6-21(19)36(17)22(37)38-4-2)20(12-35)13-7-15(24(29,30)31)9-16(8-13)25(32,33)34/h5-11,17,20H,3-4H2,1-2H3. The van der Waals surface area contributed by atoms with E-state index in [2.05, 4.69) is 0 Å². The van der Waals surface area contributed by atoms with Gasteiger partial charge in [0.15, 0.2) is 0 Å². The second kappa shape index (κ2) is 10.2. The van der Waals surface area contributed by atoms with Crippen LogP contribution in [0.15, 0.2) is 42.5 Å². The summed E-state index contributed by atoms with van der Waals surface area (Å²) in [6, 6.07) is 3.55. The van der Waals surface area contributed by atoms with Gasteiger partial charge in [-0.25, -0.2) is 4.79 Å². The van der Waals surface area contributed by atoms with Gasteiger partial charge in [-0.1, -0.05) is 13.0 Å². The maximum atomic E-state index is 13.5. The quantitative estimate of drug-likeness (QED) is 0.361. The number of nitriles is 1. The van der Waals surface area contributed by atoms with Gasteiger partial charge in [-0.05, 0) is 60.9 Å². The minimum absolute atomic E-state index is 0.0798. The number of alkyl halides is 9. The average Bonchev–Trinajstić information content (AvgIpc) is 2.82. The van der Waals surface area contributed by atoms with Gasteiger partial charge in [0.1, 0.15) is 0 Å². The predicted molar refractivity (Wildman–Crippen MR) is 118 cm³/mol. The molecule has 0 N–H and O–H groups in total. The van der Waals surface area contributed by atoms with Gasteiger partial charge in [0.05, 0.1) is 47.0 Å². The summed E-state index contributed by atoms with van der Waals surface area (Å²) in [7, 11) is 0. The number of benzene rings is 2. The lowest BCUT2D eigenvalue weighted by Gasteiger charge is -2.36. The van der Waals surface area contributed by atoms with E-state index in [1.165, 1.54) is 13.0 Å². The smallest absolute Gasteiger partial charge is 0.416 e. The molecule has 1 amide bonds. The SMILES string of the molecule is CCOC(=O)N1c2ccc(C(F)(F)F)cc2C(C(C#N)c2cc(C(F)(F)F)cc(C(F)(F)F)c2)=CC1CC. The Bertz CT molecular complexity index is 1260. The number of allylic oxidation sites excluding steroid dienone is 1. The first kappa shape index (κ1) is 28.9. The monoisotopic (exact) mass is 550 g/mol. The van der Waals surface area contributed by atoms with Crippen molar-refractivity contribution in [3.8, 4) is 6.07 Å². The summed E-state index contributed by atoms with van der Waals surface area (Å²) < 4.78 is 126. The molecule has 2 unspecified atom stereocenters. The van der Waals surface area contributed by atoms with Crippen LogP contribution in [-0.2, 0) is 23.3 Å². The Hall–Kier alpha value is -3.69. The summed E-state index contributed by atoms with van der Waals surface area (Å²) in [4.78, 5) is 13.7. The third-order valence-electron chi connectivity index (χ3n) is 5.86. The van der Waals surface area contributed by atoms with Gasteiger partial charge in [-0.15, -0.1) is 0 Å². The molecule has 1 aliphatic rings. The molecule has 0 radical (unpaired) electrons. The van der Waals surface area contributed by atoms with Crippen molar-refractivity contribution in [2.75, 3.05) is 11.5 Å². The van der Waals surface area contributed by atoms with E-state index in [1.54, 1.807) is 13.0 Å². The molecule has 0 fully saturated rings. The third-order valence-corrected chi connectivity index (χ3v) is 5.86. The summed E-state index contributed by atoms with van der Waals surface area (Å²) in [6.07, 6.45) is -14.9. The molecule has 0 aliphatic carbocycles. The summed E-state index contributed by atoms with van der Waals surface area (Å²) in [5, 5.41) is 9.91. The van der Waals surface area contributed by atoms with Crippen molar-refractivity contribution < 1.29 is 49.0 Å². The zero-order chi connectivity index (χ0) is 28.6. The highest BCUT2D eigenvalue weighted by atomic mass is 19.4. The minimum atomic E-state index is -5.20. The molecule has 13 heteroatoms. The first-order valence-corrected chi connectivity index (χ1v) is 11.1. The highest BCUT2D eigenvalue weighted by molar-refractivity contribution is 5.97. The predicted octanol–water partition coefficient (Wildman–Crippen LogP) is 8.19. The lowest BCUT2D eigenvalue weighted by molar-refractivity contribution is -0.143. The van der Waals surface area contributed by atoms with Crippen molar-refractivity contribution in [3.63, 3.8) is 0 Å². The number of nitrogens with zero attached hydrogens (tertiary/aromatic N) is 2. The zero-order valence-corrected chi connectivity index (χ0v) is 19.7. The Kier molecular flexibility index (Phi) is 7.77. The van der Waals surface area contributed by atoms with Crippen molar-refractivity contribution >= 4 is 17.4 Å². The molecule has 2 aromatic rings. The Morgan fingerprint density at radius 2 is 1.47 bits per heavy atom.